The number of hydrogen-bond donors (Lipinski definition) is 1. The van der Waals surface area contributed by atoms with Crippen LogP contribution in [0.2, 0.25) is 0 Å². The minimum atomic E-state index is 0.00857. The number of ether oxygens (including phenoxy) is 1. The van der Waals surface area contributed by atoms with Crippen LogP contribution in [-0.4, -0.2) is 18.6 Å². The predicted octanol–water partition coefficient (Wildman–Crippen LogP) is 2.13. The fourth-order valence-electron chi connectivity index (χ4n) is 2.20. The Labute approximate surface area is 113 Å². The van der Waals surface area contributed by atoms with Gasteiger partial charge in [0, 0.05) is 13.2 Å². The number of nitrogens with zero attached hydrogens (tertiary/aromatic N) is 1. The third-order valence-corrected chi connectivity index (χ3v) is 3.23. The second-order valence-electron chi connectivity index (χ2n) is 4.78. The summed E-state index contributed by atoms with van der Waals surface area (Å²) in [5.41, 5.74) is 1.55. The molecule has 0 radical (unpaired) electrons. The van der Waals surface area contributed by atoms with Crippen molar-refractivity contribution in [2.45, 2.75) is 38.3 Å². The smallest absolute Gasteiger partial charge is 0.222 e. The lowest BCUT2D eigenvalue weighted by Crippen LogP contribution is -2.30. The molecule has 1 N–H and O–H groups in total. The molecular formula is C15H18N2O2. The minimum absolute atomic E-state index is 0.00857. The fourth-order valence-corrected chi connectivity index (χ4v) is 2.20. The lowest BCUT2D eigenvalue weighted by atomic mass is 10.1. The molecule has 1 aliphatic rings. The van der Waals surface area contributed by atoms with Crippen LogP contribution in [0.1, 0.15) is 36.8 Å². The molecule has 0 saturated carbocycles. The molecule has 1 atom stereocenters. The van der Waals surface area contributed by atoms with Gasteiger partial charge in [-0.05, 0) is 37.0 Å². The Hall–Kier alpha value is -1.86. The lowest BCUT2D eigenvalue weighted by Gasteiger charge is -2.21. The van der Waals surface area contributed by atoms with Gasteiger partial charge in [0.1, 0.15) is 0 Å². The zero-order valence-electron chi connectivity index (χ0n) is 10.9. The Balaban J connectivity index is 1.78. The van der Waals surface area contributed by atoms with Gasteiger partial charge in [-0.25, -0.2) is 0 Å². The summed E-state index contributed by atoms with van der Waals surface area (Å²) in [6.07, 6.45) is 3.70. The van der Waals surface area contributed by atoms with E-state index < -0.39 is 0 Å². The molecule has 1 saturated heterocycles. The molecule has 19 heavy (non-hydrogen) atoms. The SMILES string of the molecule is N#Cc1cccc(CNC(=O)CC2CCCCO2)c1. The van der Waals surface area contributed by atoms with E-state index in [1.165, 1.54) is 0 Å². The first-order chi connectivity index (χ1) is 9.28. The van der Waals surface area contributed by atoms with Crippen molar-refractivity contribution in [3.63, 3.8) is 0 Å². The normalized spacial score (nSPS) is 18.6. The van der Waals surface area contributed by atoms with Crippen LogP contribution in [0.25, 0.3) is 0 Å². The van der Waals surface area contributed by atoms with Crippen molar-refractivity contribution in [1.82, 2.24) is 5.32 Å². The molecule has 1 amide bonds. The fraction of sp³-hybridized carbons (Fsp3) is 0.467. The van der Waals surface area contributed by atoms with Crippen LogP contribution < -0.4 is 5.32 Å². The van der Waals surface area contributed by atoms with E-state index in [2.05, 4.69) is 11.4 Å². The van der Waals surface area contributed by atoms with Crippen molar-refractivity contribution in [2.75, 3.05) is 6.61 Å². The van der Waals surface area contributed by atoms with E-state index in [0.29, 0.717) is 18.5 Å². The molecule has 4 nitrogen and oxygen atoms in total. The van der Waals surface area contributed by atoms with E-state index >= 15 is 0 Å². The van der Waals surface area contributed by atoms with Gasteiger partial charge in [-0.15, -0.1) is 0 Å². The first-order valence-electron chi connectivity index (χ1n) is 6.65. The predicted molar refractivity (Wildman–Crippen MR) is 71.2 cm³/mol. The minimum Gasteiger partial charge on any atom is -0.378 e. The number of rotatable bonds is 4. The van der Waals surface area contributed by atoms with E-state index in [1.54, 1.807) is 12.1 Å². The summed E-state index contributed by atoms with van der Waals surface area (Å²) in [6, 6.07) is 9.35. The molecule has 1 fully saturated rings. The molecule has 2 rings (SSSR count). The third-order valence-electron chi connectivity index (χ3n) is 3.23. The van der Waals surface area contributed by atoms with E-state index in [0.717, 1.165) is 31.4 Å². The monoisotopic (exact) mass is 258 g/mol. The van der Waals surface area contributed by atoms with Crippen molar-refractivity contribution in [2.24, 2.45) is 0 Å². The number of nitriles is 1. The maximum atomic E-state index is 11.8. The van der Waals surface area contributed by atoms with Crippen LogP contribution in [0, 0.1) is 11.3 Å². The zero-order valence-corrected chi connectivity index (χ0v) is 10.9. The highest BCUT2D eigenvalue weighted by Gasteiger charge is 2.17. The second-order valence-corrected chi connectivity index (χ2v) is 4.78. The van der Waals surface area contributed by atoms with Gasteiger partial charge < -0.3 is 10.1 Å². The van der Waals surface area contributed by atoms with E-state index in [1.807, 2.05) is 12.1 Å². The lowest BCUT2D eigenvalue weighted by molar-refractivity contribution is -0.125. The highest BCUT2D eigenvalue weighted by atomic mass is 16.5. The Kier molecular flexibility index (Phi) is 4.93. The van der Waals surface area contributed by atoms with Gasteiger partial charge in [-0.3, -0.25) is 4.79 Å². The molecule has 0 aromatic heterocycles. The standard InChI is InChI=1S/C15H18N2O2/c16-10-12-4-3-5-13(8-12)11-17-15(18)9-14-6-1-2-7-19-14/h3-5,8,14H,1-2,6-7,9,11H2,(H,17,18). The van der Waals surface area contributed by atoms with Crippen LogP contribution in [0.4, 0.5) is 0 Å². The van der Waals surface area contributed by atoms with Crippen LogP contribution in [0.5, 0.6) is 0 Å². The summed E-state index contributed by atoms with van der Waals surface area (Å²) in [5.74, 6) is 0.00857. The topological polar surface area (TPSA) is 62.1 Å². The average molecular weight is 258 g/mol. The number of hydrogen-bond acceptors (Lipinski definition) is 3. The van der Waals surface area contributed by atoms with Crippen LogP contribution in [0.3, 0.4) is 0 Å². The first-order valence-corrected chi connectivity index (χ1v) is 6.65. The van der Waals surface area contributed by atoms with Gasteiger partial charge in [0.2, 0.25) is 5.91 Å². The van der Waals surface area contributed by atoms with Gasteiger partial charge in [0.15, 0.2) is 0 Å². The van der Waals surface area contributed by atoms with Crippen LogP contribution in [-0.2, 0) is 16.1 Å². The molecule has 4 heteroatoms. The quantitative estimate of drug-likeness (QED) is 0.900. The molecule has 0 bridgehead atoms. The molecule has 1 heterocycles. The van der Waals surface area contributed by atoms with Gasteiger partial charge in [0.05, 0.1) is 24.2 Å². The molecule has 0 spiro atoms. The molecule has 0 aliphatic carbocycles. The molecule has 100 valence electrons. The summed E-state index contributed by atoms with van der Waals surface area (Å²) in [7, 11) is 0. The molecular weight excluding hydrogens is 240 g/mol. The first kappa shape index (κ1) is 13.6. The summed E-state index contributed by atoms with van der Waals surface area (Å²) in [6.45, 7) is 1.23. The highest BCUT2D eigenvalue weighted by molar-refractivity contribution is 5.76. The number of nitrogens with one attached hydrogen (secondary N) is 1. The Morgan fingerprint density at radius 2 is 2.37 bits per heavy atom. The van der Waals surface area contributed by atoms with Crippen LogP contribution >= 0.6 is 0 Å². The Morgan fingerprint density at radius 3 is 3.11 bits per heavy atom. The van der Waals surface area contributed by atoms with Crippen molar-refractivity contribution >= 4 is 5.91 Å². The summed E-state index contributed by atoms with van der Waals surface area (Å²) in [4.78, 5) is 11.8. The van der Waals surface area contributed by atoms with Crippen LogP contribution in [0.15, 0.2) is 24.3 Å². The maximum absolute atomic E-state index is 11.8. The second kappa shape index (κ2) is 6.91. The highest BCUT2D eigenvalue weighted by Crippen LogP contribution is 2.15. The maximum Gasteiger partial charge on any atom is 0.222 e. The average Bonchev–Trinajstić information content (AvgIpc) is 2.46. The van der Waals surface area contributed by atoms with Gasteiger partial charge in [-0.1, -0.05) is 12.1 Å². The van der Waals surface area contributed by atoms with Crippen molar-refractivity contribution < 1.29 is 9.53 Å². The molecule has 1 aromatic carbocycles. The zero-order chi connectivity index (χ0) is 13.5. The van der Waals surface area contributed by atoms with Gasteiger partial charge in [0.25, 0.3) is 0 Å². The third kappa shape index (κ3) is 4.38. The van der Waals surface area contributed by atoms with E-state index in [4.69, 9.17) is 10.00 Å². The number of amides is 1. The largest absolute Gasteiger partial charge is 0.378 e. The number of carbonyl (C=O) groups excluding carboxylic acids is 1. The summed E-state index contributed by atoms with van der Waals surface area (Å²) < 4.78 is 5.53. The number of carbonyl (C=O) groups is 1. The van der Waals surface area contributed by atoms with Crippen molar-refractivity contribution in [1.29, 1.82) is 5.26 Å². The Morgan fingerprint density at radius 1 is 1.47 bits per heavy atom. The molecule has 1 aromatic rings. The molecule has 1 unspecified atom stereocenters. The Bertz CT molecular complexity index is 473. The number of benzene rings is 1. The van der Waals surface area contributed by atoms with Crippen molar-refractivity contribution in [3.8, 4) is 6.07 Å². The van der Waals surface area contributed by atoms with E-state index in [9.17, 15) is 4.79 Å². The van der Waals surface area contributed by atoms with Gasteiger partial charge in [-0.2, -0.15) is 5.26 Å². The van der Waals surface area contributed by atoms with Crippen molar-refractivity contribution in [3.05, 3.63) is 35.4 Å². The van der Waals surface area contributed by atoms with E-state index in [-0.39, 0.29) is 12.0 Å². The summed E-state index contributed by atoms with van der Waals surface area (Å²) >= 11 is 0. The molecule has 1 aliphatic heterocycles. The van der Waals surface area contributed by atoms with Gasteiger partial charge >= 0.3 is 0 Å². The summed E-state index contributed by atoms with van der Waals surface area (Å²) in [5, 5.41) is 11.7.